The van der Waals surface area contributed by atoms with Crippen LogP contribution in [0.2, 0.25) is 0 Å². The molecule has 0 radical (unpaired) electrons. The zero-order valence-corrected chi connectivity index (χ0v) is 15.5. The highest BCUT2D eigenvalue weighted by atomic mass is 16.6. The molecule has 0 saturated carbocycles. The fourth-order valence-electron chi connectivity index (χ4n) is 2.16. The number of nitro benzene ring substituents is 1. The molecule has 148 valence electrons. The summed E-state index contributed by atoms with van der Waals surface area (Å²) in [5.41, 5.74) is 5.53. The second-order valence-electron chi connectivity index (χ2n) is 5.90. The van der Waals surface area contributed by atoms with E-state index in [4.69, 9.17) is 9.47 Å². The number of aryl methyl sites for hydroxylation is 1. The van der Waals surface area contributed by atoms with Gasteiger partial charge in [-0.05, 0) is 37.6 Å². The molecule has 1 unspecified atom stereocenters. The first kappa shape index (κ1) is 20.7. The van der Waals surface area contributed by atoms with Gasteiger partial charge in [0.05, 0.1) is 4.92 Å². The second kappa shape index (κ2) is 9.91. The van der Waals surface area contributed by atoms with Gasteiger partial charge in [-0.1, -0.05) is 24.6 Å². The summed E-state index contributed by atoms with van der Waals surface area (Å²) < 4.78 is 10.8. The molecule has 0 aliphatic heterocycles. The Labute approximate surface area is 161 Å². The van der Waals surface area contributed by atoms with Gasteiger partial charge < -0.3 is 9.47 Å². The van der Waals surface area contributed by atoms with Crippen molar-refractivity contribution in [2.75, 3.05) is 6.61 Å². The van der Waals surface area contributed by atoms with E-state index in [1.807, 2.05) is 19.1 Å². The molecular formula is C19H21N3O6. The fraction of sp³-hybridized carbons (Fsp3) is 0.263. The fourth-order valence-corrected chi connectivity index (χ4v) is 2.16. The summed E-state index contributed by atoms with van der Waals surface area (Å²) in [6.07, 6.45) is -0.354. The number of nitro groups is 1. The van der Waals surface area contributed by atoms with Crippen molar-refractivity contribution in [3.63, 3.8) is 0 Å². The van der Waals surface area contributed by atoms with Crippen molar-refractivity contribution in [2.24, 2.45) is 0 Å². The minimum atomic E-state index is -0.765. The number of amides is 2. The summed E-state index contributed by atoms with van der Waals surface area (Å²) in [4.78, 5) is 34.0. The van der Waals surface area contributed by atoms with E-state index in [2.05, 4.69) is 10.9 Å². The number of ether oxygens (including phenoxy) is 2. The Kier molecular flexibility index (Phi) is 7.32. The lowest BCUT2D eigenvalue weighted by molar-refractivity contribution is -0.384. The van der Waals surface area contributed by atoms with E-state index in [1.54, 1.807) is 19.1 Å². The zero-order valence-electron chi connectivity index (χ0n) is 15.5. The molecule has 2 N–H and O–H groups in total. The third-order valence-corrected chi connectivity index (χ3v) is 3.71. The molecule has 0 aromatic heterocycles. The van der Waals surface area contributed by atoms with Gasteiger partial charge in [-0.3, -0.25) is 30.6 Å². The number of carbonyl (C=O) groups excluding carboxylic acids is 2. The summed E-state index contributed by atoms with van der Waals surface area (Å²) in [7, 11) is 0. The highest BCUT2D eigenvalue weighted by Gasteiger charge is 2.19. The van der Waals surface area contributed by atoms with Crippen LogP contribution in [0.3, 0.4) is 0 Å². The van der Waals surface area contributed by atoms with Crippen LogP contribution in [-0.4, -0.2) is 29.4 Å². The zero-order chi connectivity index (χ0) is 20.5. The average Bonchev–Trinajstić information content (AvgIpc) is 2.70. The first-order valence-electron chi connectivity index (χ1n) is 8.58. The molecule has 0 fully saturated rings. The smallest absolute Gasteiger partial charge is 0.279 e. The van der Waals surface area contributed by atoms with E-state index in [0.717, 1.165) is 5.56 Å². The van der Waals surface area contributed by atoms with Gasteiger partial charge in [0.15, 0.2) is 12.7 Å². The summed E-state index contributed by atoms with van der Waals surface area (Å²) in [6.45, 7) is 3.37. The van der Waals surface area contributed by atoms with Gasteiger partial charge >= 0.3 is 0 Å². The molecule has 9 heteroatoms. The minimum absolute atomic E-state index is 0.0803. The van der Waals surface area contributed by atoms with Crippen LogP contribution in [0.15, 0.2) is 48.5 Å². The van der Waals surface area contributed by atoms with Gasteiger partial charge in [-0.2, -0.15) is 0 Å². The van der Waals surface area contributed by atoms with E-state index in [1.165, 1.54) is 24.3 Å². The maximum atomic E-state index is 12.2. The molecule has 0 saturated heterocycles. The highest BCUT2D eigenvalue weighted by Crippen LogP contribution is 2.17. The number of rotatable bonds is 8. The van der Waals surface area contributed by atoms with Crippen LogP contribution in [0.25, 0.3) is 0 Å². The van der Waals surface area contributed by atoms with Gasteiger partial charge in [0.1, 0.15) is 11.5 Å². The number of hydrogen-bond donors (Lipinski definition) is 2. The molecule has 0 spiro atoms. The van der Waals surface area contributed by atoms with Crippen molar-refractivity contribution in [1.29, 1.82) is 0 Å². The first-order valence-corrected chi connectivity index (χ1v) is 8.58. The number of hydrogen-bond acceptors (Lipinski definition) is 6. The molecule has 0 bridgehead atoms. The quantitative estimate of drug-likeness (QED) is 0.530. The molecule has 9 nitrogen and oxygen atoms in total. The Bertz CT molecular complexity index is 821. The third kappa shape index (κ3) is 6.27. The number of nitrogens with zero attached hydrogens (tertiary/aromatic N) is 1. The van der Waals surface area contributed by atoms with Crippen LogP contribution in [-0.2, 0) is 9.59 Å². The van der Waals surface area contributed by atoms with Crippen LogP contribution < -0.4 is 20.3 Å². The minimum Gasteiger partial charge on any atom is -0.484 e. The Balaban J connectivity index is 1.77. The maximum Gasteiger partial charge on any atom is 0.279 e. The molecule has 0 heterocycles. The van der Waals surface area contributed by atoms with Crippen LogP contribution >= 0.6 is 0 Å². The van der Waals surface area contributed by atoms with Crippen LogP contribution in [0.5, 0.6) is 11.5 Å². The van der Waals surface area contributed by atoms with Gasteiger partial charge in [-0.25, -0.2) is 0 Å². The summed E-state index contributed by atoms with van der Waals surface area (Å²) in [5, 5.41) is 10.6. The van der Waals surface area contributed by atoms with Gasteiger partial charge in [0, 0.05) is 12.1 Å². The standard InChI is InChI=1S/C19H21N3O6/c1-3-17(28-16-8-4-13(2)5-9-16)19(24)21-20-18(23)12-27-15-10-6-14(7-11-15)22(25)26/h4-11,17H,3,12H2,1-2H3,(H,20,23)(H,21,24). The van der Waals surface area contributed by atoms with E-state index in [0.29, 0.717) is 17.9 Å². The van der Waals surface area contributed by atoms with Crippen LogP contribution in [0.1, 0.15) is 18.9 Å². The predicted octanol–water partition coefficient (Wildman–Crippen LogP) is 2.29. The normalized spacial score (nSPS) is 11.2. The van der Waals surface area contributed by atoms with E-state index in [9.17, 15) is 19.7 Å². The van der Waals surface area contributed by atoms with Crippen molar-refractivity contribution in [3.8, 4) is 11.5 Å². The molecule has 2 rings (SSSR count). The lowest BCUT2D eigenvalue weighted by Gasteiger charge is -2.17. The highest BCUT2D eigenvalue weighted by molar-refractivity contribution is 5.85. The molecule has 2 amide bonds. The molecule has 2 aromatic rings. The molecular weight excluding hydrogens is 366 g/mol. The number of carbonyl (C=O) groups is 2. The number of hydrazine groups is 1. The average molecular weight is 387 g/mol. The van der Waals surface area contributed by atoms with Crippen molar-refractivity contribution in [2.45, 2.75) is 26.4 Å². The molecule has 0 aliphatic carbocycles. The van der Waals surface area contributed by atoms with Gasteiger partial charge in [0.2, 0.25) is 0 Å². The summed E-state index contributed by atoms with van der Waals surface area (Å²) in [5.74, 6) is -0.231. The topological polar surface area (TPSA) is 120 Å². The molecule has 1 atom stereocenters. The van der Waals surface area contributed by atoms with Crippen molar-refractivity contribution in [3.05, 3.63) is 64.2 Å². The van der Waals surface area contributed by atoms with Crippen molar-refractivity contribution in [1.82, 2.24) is 10.9 Å². The lowest BCUT2D eigenvalue weighted by atomic mass is 10.2. The van der Waals surface area contributed by atoms with E-state index >= 15 is 0 Å². The second-order valence-corrected chi connectivity index (χ2v) is 5.90. The Morgan fingerprint density at radius 1 is 1.04 bits per heavy atom. The first-order chi connectivity index (χ1) is 13.4. The lowest BCUT2D eigenvalue weighted by Crippen LogP contribution is -2.49. The summed E-state index contributed by atoms with van der Waals surface area (Å²) >= 11 is 0. The number of non-ortho nitro benzene ring substituents is 1. The van der Waals surface area contributed by atoms with Crippen molar-refractivity contribution < 1.29 is 24.0 Å². The van der Waals surface area contributed by atoms with E-state index < -0.39 is 22.8 Å². The number of benzene rings is 2. The molecule has 0 aliphatic rings. The van der Waals surface area contributed by atoms with Gasteiger partial charge in [0.25, 0.3) is 17.5 Å². The van der Waals surface area contributed by atoms with Crippen LogP contribution in [0, 0.1) is 17.0 Å². The van der Waals surface area contributed by atoms with Gasteiger partial charge in [-0.15, -0.1) is 0 Å². The van der Waals surface area contributed by atoms with Crippen LogP contribution in [0.4, 0.5) is 5.69 Å². The SMILES string of the molecule is CCC(Oc1ccc(C)cc1)C(=O)NNC(=O)COc1ccc([N+](=O)[O-])cc1. The molecule has 2 aromatic carbocycles. The maximum absolute atomic E-state index is 12.2. The van der Waals surface area contributed by atoms with Crippen molar-refractivity contribution >= 4 is 17.5 Å². The predicted molar refractivity (Wildman–Crippen MR) is 101 cm³/mol. The monoisotopic (exact) mass is 387 g/mol. The largest absolute Gasteiger partial charge is 0.484 e. The Hall–Kier alpha value is -3.62. The van der Waals surface area contributed by atoms with E-state index in [-0.39, 0.29) is 12.3 Å². The summed E-state index contributed by atoms with van der Waals surface area (Å²) in [6, 6.07) is 12.6. The Morgan fingerprint density at radius 3 is 2.21 bits per heavy atom. The molecule has 28 heavy (non-hydrogen) atoms. The Morgan fingerprint density at radius 2 is 1.64 bits per heavy atom. The number of nitrogens with one attached hydrogen (secondary N) is 2. The third-order valence-electron chi connectivity index (χ3n) is 3.71.